The molecule has 6 nitrogen and oxygen atoms in total. The van der Waals surface area contributed by atoms with Crippen molar-refractivity contribution in [3.63, 3.8) is 0 Å². The molecule has 1 aliphatic carbocycles. The van der Waals surface area contributed by atoms with E-state index in [-0.39, 0.29) is 0 Å². The highest BCUT2D eigenvalue weighted by Gasteiger charge is 2.52. The summed E-state index contributed by atoms with van der Waals surface area (Å²) in [5.74, 6) is -1.38. The van der Waals surface area contributed by atoms with Crippen molar-refractivity contribution in [3.8, 4) is 0 Å². The first kappa shape index (κ1) is 10.0. The zero-order chi connectivity index (χ0) is 11.1. The fourth-order valence-corrected chi connectivity index (χ4v) is 1.78. The van der Waals surface area contributed by atoms with E-state index in [4.69, 9.17) is 5.11 Å². The van der Waals surface area contributed by atoms with Crippen LogP contribution in [0.15, 0.2) is 0 Å². The van der Waals surface area contributed by atoms with Crippen molar-refractivity contribution in [2.45, 2.75) is 25.3 Å². The van der Waals surface area contributed by atoms with Crippen LogP contribution in [0.5, 0.6) is 0 Å². The molecular formula is C8H9N3O3S. The third-order valence-corrected chi connectivity index (χ3v) is 3.20. The Labute approximate surface area is 89.5 Å². The van der Waals surface area contributed by atoms with Gasteiger partial charge in [-0.1, -0.05) is 4.49 Å². The molecule has 1 amide bonds. The van der Waals surface area contributed by atoms with Crippen LogP contribution in [0.4, 0.5) is 0 Å². The topological polar surface area (TPSA) is 92.2 Å². The number of aromatic nitrogens is 2. The average molecular weight is 227 g/mol. The summed E-state index contributed by atoms with van der Waals surface area (Å²) in [4.78, 5) is 22.9. The molecule has 1 aliphatic rings. The molecule has 0 atom stereocenters. The highest BCUT2D eigenvalue weighted by molar-refractivity contribution is 7.08. The quantitative estimate of drug-likeness (QED) is 0.769. The number of hydrogen-bond donors (Lipinski definition) is 2. The van der Waals surface area contributed by atoms with Crippen molar-refractivity contribution in [1.29, 1.82) is 0 Å². The first-order chi connectivity index (χ1) is 7.05. The number of carboxylic acid groups (broad SMARTS) is 1. The van der Waals surface area contributed by atoms with Crippen LogP contribution in [-0.4, -0.2) is 32.1 Å². The molecule has 1 saturated carbocycles. The minimum Gasteiger partial charge on any atom is -0.480 e. The molecule has 1 aromatic rings. The van der Waals surface area contributed by atoms with Crippen LogP contribution in [0.3, 0.4) is 0 Å². The summed E-state index contributed by atoms with van der Waals surface area (Å²) in [6, 6.07) is 0. The molecule has 0 saturated heterocycles. The van der Waals surface area contributed by atoms with E-state index in [0.29, 0.717) is 23.4 Å². The molecule has 1 heterocycles. The number of rotatable bonds is 3. The predicted molar refractivity (Wildman–Crippen MR) is 51.7 cm³/mol. The van der Waals surface area contributed by atoms with Gasteiger partial charge in [0.05, 0.1) is 5.69 Å². The SMILES string of the molecule is Cc1nnsc1C(=O)NC1(C(=O)O)CC1. The van der Waals surface area contributed by atoms with Gasteiger partial charge in [0, 0.05) is 0 Å². The Hall–Kier alpha value is -1.50. The third-order valence-electron chi connectivity index (χ3n) is 2.37. The number of aryl methyl sites for hydroxylation is 1. The molecule has 2 N–H and O–H groups in total. The number of aliphatic carboxylic acids is 1. The summed E-state index contributed by atoms with van der Waals surface area (Å²) in [6.07, 6.45) is 0.971. The van der Waals surface area contributed by atoms with Crippen molar-refractivity contribution in [3.05, 3.63) is 10.6 Å². The Morgan fingerprint density at radius 3 is 2.60 bits per heavy atom. The first-order valence-corrected chi connectivity index (χ1v) is 5.17. The fourth-order valence-electron chi connectivity index (χ4n) is 1.23. The molecule has 0 aromatic carbocycles. The van der Waals surface area contributed by atoms with Crippen LogP contribution in [-0.2, 0) is 4.79 Å². The van der Waals surface area contributed by atoms with E-state index in [9.17, 15) is 9.59 Å². The van der Waals surface area contributed by atoms with E-state index in [2.05, 4.69) is 14.9 Å². The molecule has 0 bridgehead atoms. The van der Waals surface area contributed by atoms with Gasteiger partial charge in [0.2, 0.25) is 0 Å². The van der Waals surface area contributed by atoms with Gasteiger partial charge in [-0.2, -0.15) is 0 Å². The molecule has 15 heavy (non-hydrogen) atoms. The Morgan fingerprint density at radius 2 is 2.20 bits per heavy atom. The van der Waals surface area contributed by atoms with Crippen molar-refractivity contribution in [2.24, 2.45) is 0 Å². The Kier molecular flexibility index (Phi) is 2.18. The maximum absolute atomic E-state index is 11.6. The van der Waals surface area contributed by atoms with Crippen LogP contribution in [0.2, 0.25) is 0 Å². The number of carbonyl (C=O) groups is 2. The summed E-state index contributed by atoms with van der Waals surface area (Å²) in [6.45, 7) is 1.67. The van der Waals surface area contributed by atoms with E-state index in [1.165, 1.54) is 0 Å². The number of hydrogen-bond acceptors (Lipinski definition) is 5. The maximum Gasteiger partial charge on any atom is 0.329 e. The summed E-state index contributed by atoms with van der Waals surface area (Å²) in [7, 11) is 0. The smallest absolute Gasteiger partial charge is 0.329 e. The van der Waals surface area contributed by atoms with E-state index in [0.717, 1.165) is 11.5 Å². The largest absolute Gasteiger partial charge is 0.480 e. The molecule has 0 radical (unpaired) electrons. The molecule has 0 spiro atoms. The lowest BCUT2D eigenvalue weighted by Crippen LogP contribution is -2.42. The van der Waals surface area contributed by atoms with E-state index >= 15 is 0 Å². The van der Waals surface area contributed by atoms with Gasteiger partial charge < -0.3 is 10.4 Å². The third kappa shape index (κ3) is 1.70. The van der Waals surface area contributed by atoms with Crippen molar-refractivity contribution in [1.82, 2.24) is 14.9 Å². The van der Waals surface area contributed by atoms with Gasteiger partial charge in [-0.15, -0.1) is 5.10 Å². The molecule has 80 valence electrons. The molecule has 0 aliphatic heterocycles. The fraction of sp³-hybridized carbons (Fsp3) is 0.500. The second-order valence-electron chi connectivity index (χ2n) is 3.53. The molecule has 2 rings (SSSR count). The van der Waals surface area contributed by atoms with Gasteiger partial charge in [-0.05, 0) is 31.3 Å². The van der Waals surface area contributed by atoms with Crippen LogP contribution in [0.1, 0.15) is 28.2 Å². The monoisotopic (exact) mass is 227 g/mol. The summed E-state index contributed by atoms with van der Waals surface area (Å²) in [5, 5.41) is 15.1. The zero-order valence-corrected chi connectivity index (χ0v) is 8.80. The Bertz CT molecular complexity index is 425. The lowest BCUT2D eigenvalue weighted by atomic mass is 10.2. The van der Waals surface area contributed by atoms with Gasteiger partial charge in [-0.3, -0.25) is 4.79 Å². The Morgan fingerprint density at radius 1 is 1.53 bits per heavy atom. The molecule has 1 aromatic heterocycles. The summed E-state index contributed by atoms with van der Waals surface area (Å²) >= 11 is 0.972. The number of nitrogens with zero attached hydrogens (tertiary/aromatic N) is 2. The molecule has 1 fully saturated rings. The molecule has 7 heteroatoms. The number of carbonyl (C=O) groups excluding carboxylic acids is 1. The van der Waals surface area contributed by atoms with E-state index < -0.39 is 17.4 Å². The first-order valence-electron chi connectivity index (χ1n) is 4.40. The predicted octanol–water partition coefficient (Wildman–Crippen LogP) is 0.194. The van der Waals surface area contributed by atoms with Crippen LogP contribution >= 0.6 is 11.5 Å². The second-order valence-corrected chi connectivity index (χ2v) is 4.28. The van der Waals surface area contributed by atoms with Gasteiger partial charge >= 0.3 is 5.97 Å². The normalized spacial score (nSPS) is 17.1. The number of amides is 1. The summed E-state index contributed by atoms with van der Waals surface area (Å²) < 4.78 is 3.62. The van der Waals surface area contributed by atoms with Crippen LogP contribution in [0, 0.1) is 6.92 Å². The zero-order valence-electron chi connectivity index (χ0n) is 7.98. The maximum atomic E-state index is 11.6. The average Bonchev–Trinajstić information content (AvgIpc) is 2.82. The number of nitrogens with one attached hydrogen (secondary N) is 1. The minimum absolute atomic E-state index is 0.377. The molecule has 0 unspecified atom stereocenters. The van der Waals surface area contributed by atoms with Gasteiger partial charge in [0.25, 0.3) is 5.91 Å². The lowest BCUT2D eigenvalue weighted by molar-refractivity contribution is -0.140. The standard InChI is InChI=1S/C8H9N3O3S/c1-4-5(15-11-10-4)6(12)9-8(2-3-8)7(13)14/h2-3H2,1H3,(H,9,12)(H,13,14). The second kappa shape index (κ2) is 3.27. The van der Waals surface area contributed by atoms with Gasteiger partial charge in [-0.25, -0.2) is 4.79 Å². The van der Waals surface area contributed by atoms with Crippen molar-refractivity contribution in [2.75, 3.05) is 0 Å². The van der Waals surface area contributed by atoms with Gasteiger partial charge in [0.15, 0.2) is 0 Å². The van der Waals surface area contributed by atoms with E-state index in [1.807, 2.05) is 0 Å². The van der Waals surface area contributed by atoms with Crippen molar-refractivity contribution < 1.29 is 14.7 Å². The lowest BCUT2D eigenvalue weighted by Gasteiger charge is -2.10. The van der Waals surface area contributed by atoms with Gasteiger partial charge in [0.1, 0.15) is 10.4 Å². The van der Waals surface area contributed by atoms with Crippen molar-refractivity contribution >= 4 is 23.4 Å². The van der Waals surface area contributed by atoms with Crippen LogP contribution < -0.4 is 5.32 Å². The minimum atomic E-state index is -1.05. The Balaban J connectivity index is 2.11. The number of carboxylic acids is 1. The molecular weight excluding hydrogens is 218 g/mol. The summed E-state index contributed by atoms with van der Waals surface area (Å²) in [5.41, 5.74) is -0.522. The van der Waals surface area contributed by atoms with E-state index in [1.54, 1.807) is 6.92 Å². The van der Waals surface area contributed by atoms with Crippen LogP contribution in [0.25, 0.3) is 0 Å². The highest BCUT2D eigenvalue weighted by Crippen LogP contribution is 2.35. The highest BCUT2D eigenvalue weighted by atomic mass is 32.1.